The fraction of sp³-hybridized carbons (Fsp3) is 1.00. The summed E-state index contributed by atoms with van der Waals surface area (Å²) in [5, 5.41) is 67.7. The molecule has 0 aromatic carbocycles. The van der Waals surface area contributed by atoms with Crippen LogP contribution < -0.4 is 0 Å². The Hall–Kier alpha value is -0.400. The third kappa shape index (κ3) is 3.66. The van der Waals surface area contributed by atoms with Gasteiger partial charge in [0.05, 0.1) is 13.2 Å². The molecule has 0 amide bonds. The average molecular weight is 341 g/mol. The Labute approximate surface area is 132 Å². The molecule has 0 radical (unpaired) electrons. The van der Waals surface area contributed by atoms with Crippen LogP contribution in [0.5, 0.6) is 0 Å². The van der Waals surface area contributed by atoms with E-state index in [0.29, 0.717) is 0 Å². The van der Waals surface area contributed by atoms with E-state index < -0.39 is 74.4 Å². The minimum atomic E-state index is -1.58. The minimum Gasteiger partial charge on any atom is -0.401 e. The Morgan fingerprint density at radius 1 is 0.739 bits per heavy atom. The van der Waals surface area contributed by atoms with E-state index in [9.17, 15) is 25.5 Å². The van der Waals surface area contributed by atoms with Crippen molar-refractivity contribution in [2.24, 2.45) is 0 Å². The van der Waals surface area contributed by atoms with Crippen LogP contribution in [0.2, 0.25) is 0 Å². The first-order valence-corrected chi connectivity index (χ1v) is 7.44. The van der Waals surface area contributed by atoms with Crippen LogP contribution >= 0.6 is 0 Å². The number of rotatable bonds is 4. The Morgan fingerprint density at radius 2 is 1.26 bits per heavy atom. The second kappa shape index (κ2) is 7.66. The molecule has 2 rings (SSSR count). The monoisotopic (exact) mass is 341 g/mol. The van der Waals surface area contributed by atoms with E-state index in [1.54, 1.807) is 6.92 Å². The van der Waals surface area contributed by atoms with Gasteiger partial charge in [0, 0.05) is 0 Å². The average Bonchev–Trinajstić information content (AvgIpc) is 2.54. The lowest BCUT2D eigenvalue weighted by Crippen LogP contribution is -2.65. The lowest BCUT2D eigenvalue weighted by Gasteiger charge is -2.42. The number of ether oxygens (including phenoxy) is 3. The molecule has 10 atom stereocenters. The van der Waals surface area contributed by atoms with E-state index in [1.807, 2.05) is 0 Å². The molecule has 136 valence electrons. The Bertz CT molecular complexity index is 380. The molecular formula is C13H25O10+. The van der Waals surface area contributed by atoms with Gasteiger partial charge in [0.25, 0.3) is 6.29 Å². The van der Waals surface area contributed by atoms with Gasteiger partial charge in [-0.1, -0.05) is 0 Å². The van der Waals surface area contributed by atoms with E-state index >= 15 is 0 Å². The molecule has 0 saturated carbocycles. The Kier molecular flexibility index (Phi) is 6.30. The van der Waals surface area contributed by atoms with Crippen molar-refractivity contribution in [3.8, 4) is 0 Å². The van der Waals surface area contributed by atoms with Crippen LogP contribution in [0.15, 0.2) is 0 Å². The highest BCUT2D eigenvalue weighted by Gasteiger charge is 2.52. The molecule has 0 aromatic heterocycles. The zero-order valence-corrected chi connectivity index (χ0v) is 12.6. The standard InChI is InChI=1S/C13H24O10/c1-4-12(10(19)8(17)5(2-14)21-4)23-13-11(20)9(18)7(16)6(3-15)22-13/h4-20H,2-3H2,1H3/p+1/t4-,5?,6?,7-,8-,9?,10?,11?,12?,13-/m0/s1. The summed E-state index contributed by atoms with van der Waals surface area (Å²) in [7, 11) is 0. The maximum atomic E-state index is 10.1. The second-order valence-corrected chi connectivity index (χ2v) is 5.90. The molecular weight excluding hydrogens is 316 g/mol. The zero-order valence-electron chi connectivity index (χ0n) is 12.6. The molecule has 23 heavy (non-hydrogen) atoms. The minimum absolute atomic E-state index is 0.477. The Morgan fingerprint density at radius 3 is 1.83 bits per heavy atom. The molecule has 2 saturated heterocycles. The first kappa shape index (κ1) is 18.9. The van der Waals surface area contributed by atoms with Crippen LogP contribution in [0.4, 0.5) is 0 Å². The van der Waals surface area contributed by atoms with Crippen LogP contribution in [0.25, 0.3) is 0 Å². The maximum absolute atomic E-state index is 10.1. The summed E-state index contributed by atoms with van der Waals surface area (Å²) in [5.41, 5.74) is 0. The molecule has 0 bridgehead atoms. The van der Waals surface area contributed by atoms with Crippen LogP contribution in [-0.2, 0) is 9.47 Å². The third-order valence-electron chi connectivity index (χ3n) is 4.32. The van der Waals surface area contributed by atoms with Crippen molar-refractivity contribution in [2.45, 2.75) is 68.1 Å². The fourth-order valence-corrected chi connectivity index (χ4v) is 2.87. The molecule has 2 heterocycles. The molecule has 10 heteroatoms. The van der Waals surface area contributed by atoms with E-state index in [0.717, 1.165) is 0 Å². The molecule has 2 aliphatic rings. The maximum Gasteiger partial charge on any atom is 0.295 e. The number of hydrogen-bond acceptors (Lipinski definition) is 9. The first-order chi connectivity index (χ1) is 10.8. The van der Waals surface area contributed by atoms with Crippen molar-refractivity contribution in [1.29, 1.82) is 0 Å². The van der Waals surface area contributed by atoms with E-state index in [2.05, 4.69) is 4.74 Å². The summed E-state index contributed by atoms with van der Waals surface area (Å²) in [4.78, 5) is 0. The van der Waals surface area contributed by atoms with Gasteiger partial charge in [-0.15, -0.1) is 0 Å². The fourth-order valence-electron chi connectivity index (χ4n) is 2.87. The number of aliphatic hydroxyl groups excluding tert-OH is 7. The van der Waals surface area contributed by atoms with Gasteiger partial charge in [0.1, 0.15) is 36.6 Å². The van der Waals surface area contributed by atoms with Gasteiger partial charge in [0.2, 0.25) is 6.10 Å². The molecule has 2 aliphatic heterocycles. The van der Waals surface area contributed by atoms with E-state index in [1.165, 1.54) is 0 Å². The normalized spacial score (nSPS) is 51.7. The van der Waals surface area contributed by atoms with Gasteiger partial charge < -0.3 is 50.0 Å². The highest BCUT2D eigenvalue weighted by Crippen LogP contribution is 2.27. The lowest BCUT2D eigenvalue weighted by molar-refractivity contribution is -0.396. The van der Waals surface area contributed by atoms with Crippen LogP contribution in [-0.4, -0.2) is 115 Å². The zero-order chi connectivity index (χ0) is 17.3. The third-order valence-corrected chi connectivity index (χ3v) is 4.32. The number of hydrogen-bond donors (Lipinski definition) is 7. The molecule has 2 fully saturated rings. The van der Waals surface area contributed by atoms with Crippen molar-refractivity contribution in [1.82, 2.24) is 0 Å². The van der Waals surface area contributed by atoms with Gasteiger partial charge in [-0.2, -0.15) is 0 Å². The summed E-state index contributed by atoms with van der Waals surface area (Å²) < 4.78 is 14.7. The quantitative estimate of drug-likeness (QED) is 0.248. The predicted octanol–water partition coefficient (Wildman–Crippen LogP) is -4.82. The van der Waals surface area contributed by atoms with Crippen LogP contribution in [0.1, 0.15) is 6.92 Å². The Balaban J connectivity index is 2.08. The highest BCUT2D eigenvalue weighted by atomic mass is 16.7. The molecule has 0 aromatic rings. The van der Waals surface area contributed by atoms with Gasteiger partial charge in [-0.3, -0.25) is 0 Å². The van der Waals surface area contributed by atoms with Crippen molar-refractivity contribution < 1.29 is 50.0 Å². The van der Waals surface area contributed by atoms with Crippen molar-refractivity contribution in [3.63, 3.8) is 0 Å². The van der Waals surface area contributed by atoms with E-state index in [-0.39, 0.29) is 0 Å². The summed E-state index contributed by atoms with van der Waals surface area (Å²) in [6.45, 7) is 0.497. The molecule has 8 N–H and O–H groups in total. The smallest absolute Gasteiger partial charge is 0.295 e. The van der Waals surface area contributed by atoms with Crippen molar-refractivity contribution in [2.75, 3.05) is 13.2 Å². The van der Waals surface area contributed by atoms with Crippen molar-refractivity contribution in [3.05, 3.63) is 0 Å². The van der Waals surface area contributed by atoms with Gasteiger partial charge >= 0.3 is 0 Å². The summed E-state index contributed by atoms with van der Waals surface area (Å²) in [6, 6.07) is 0. The number of aliphatic hydroxyl groups is 9. The van der Waals surface area contributed by atoms with Gasteiger partial charge in [-0.25, -0.2) is 0 Å². The van der Waals surface area contributed by atoms with Gasteiger partial charge in [0.15, 0.2) is 12.2 Å². The van der Waals surface area contributed by atoms with E-state index in [4.69, 9.17) is 19.7 Å². The molecule has 10 nitrogen and oxygen atoms in total. The SMILES string of the molecule is C[C@@H]1OC(CO)[C@H](O)C(O)C1[OH+][C@@H]1OC(CO)[C@H](O)C(O)C1O. The second-order valence-electron chi connectivity index (χ2n) is 5.90. The summed E-state index contributed by atoms with van der Waals surface area (Å²) in [5.74, 6) is 0. The van der Waals surface area contributed by atoms with Gasteiger partial charge in [-0.05, 0) is 6.92 Å². The molecule has 6 unspecified atom stereocenters. The highest BCUT2D eigenvalue weighted by molar-refractivity contribution is 4.93. The molecule has 0 aliphatic carbocycles. The largest absolute Gasteiger partial charge is 0.401 e. The summed E-state index contributed by atoms with van der Waals surface area (Å²) in [6.07, 6.45) is -12.5. The van der Waals surface area contributed by atoms with Crippen LogP contribution in [0, 0.1) is 0 Å². The predicted molar refractivity (Wildman–Crippen MR) is 73.2 cm³/mol. The topological polar surface area (TPSA) is 173 Å². The molecule has 0 spiro atoms. The lowest BCUT2D eigenvalue weighted by atomic mass is 9.95. The van der Waals surface area contributed by atoms with Crippen LogP contribution in [0.3, 0.4) is 0 Å². The van der Waals surface area contributed by atoms with Crippen molar-refractivity contribution >= 4 is 0 Å². The first-order valence-electron chi connectivity index (χ1n) is 7.44. The summed E-state index contributed by atoms with van der Waals surface area (Å²) >= 11 is 0.